The maximum Gasteiger partial charge on any atom is 0.137 e. The Morgan fingerprint density at radius 2 is 1.43 bits per heavy atom. The van der Waals surface area contributed by atoms with Crippen LogP contribution >= 0.6 is 23.2 Å². The second-order valence-corrected chi connectivity index (χ2v) is 7.40. The van der Waals surface area contributed by atoms with E-state index in [0.717, 1.165) is 17.3 Å². The molecule has 2 nitrogen and oxygen atoms in total. The molecule has 0 unspecified atom stereocenters. The highest BCUT2D eigenvalue weighted by Crippen LogP contribution is 2.42. The zero-order valence-electron chi connectivity index (χ0n) is 12.7. The van der Waals surface area contributed by atoms with Crippen molar-refractivity contribution in [2.45, 2.75) is 76.5 Å². The van der Waals surface area contributed by atoms with Crippen molar-refractivity contribution < 1.29 is 0 Å². The minimum Gasteiger partial charge on any atom is -0.221 e. The molecule has 0 aromatic carbocycles. The number of aromatic nitrogens is 2. The first-order chi connectivity index (χ1) is 10.2. The predicted molar refractivity (Wildman–Crippen MR) is 88.3 cm³/mol. The third kappa shape index (κ3) is 3.37. The number of rotatable bonds is 3. The molecule has 1 aromatic rings. The van der Waals surface area contributed by atoms with Gasteiger partial charge in [-0.3, -0.25) is 0 Å². The topological polar surface area (TPSA) is 25.8 Å². The van der Waals surface area contributed by atoms with Crippen LogP contribution in [0, 0.1) is 5.92 Å². The first kappa shape index (κ1) is 15.6. The van der Waals surface area contributed by atoms with Crippen LogP contribution in [0.4, 0.5) is 0 Å². The molecular weight excluding hydrogens is 303 g/mol. The summed E-state index contributed by atoms with van der Waals surface area (Å²) in [7, 11) is 0. The van der Waals surface area contributed by atoms with Crippen molar-refractivity contribution in [1.82, 2.24) is 9.97 Å². The van der Waals surface area contributed by atoms with E-state index in [-0.39, 0.29) is 0 Å². The largest absolute Gasteiger partial charge is 0.221 e. The van der Waals surface area contributed by atoms with Crippen LogP contribution in [-0.2, 0) is 0 Å². The van der Waals surface area contributed by atoms with E-state index >= 15 is 0 Å². The van der Waals surface area contributed by atoms with E-state index in [9.17, 15) is 0 Å². The molecule has 3 rings (SSSR count). The summed E-state index contributed by atoms with van der Waals surface area (Å²) in [4.78, 5) is 9.25. The summed E-state index contributed by atoms with van der Waals surface area (Å²) in [5.41, 5.74) is 1.00. The van der Waals surface area contributed by atoms with Crippen molar-refractivity contribution in [3.8, 4) is 0 Å². The Balaban J connectivity index is 1.78. The van der Waals surface area contributed by atoms with Gasteiger partial charge in [0.2, 0.25) is 0 Å². The van der Waals surface area contributed by atoms with Crippen LogP contribution in [0.15, 0.2) is 0 Å². The fourth-order valence-electron chi connectivity index (χ4n) is 3.99. The van der Waals surface area contributed by atoms with Crippen molar-refractivity contribution in [2.75, 3.05) is 0 Å². The summed E-state index contributed by atoms with van der Waals surface area (Å²) in [6.07, 6.45) is 11.1. The predicted octanol–water partition coefficient (Wildman–Crippen LogP) is 6.12. The quantitative estimate of drug-likeness (QED) is 0.625. The van der Waals surface area contributed by atoms with Crippen molar-refractivity contribution in [1.29, 1.82) is 0 Å². The molecule has 0 bridgehead atoms. The monoisotopic (exact) mass is 326 g/mol. The smallest absolute Gasteiger partial charge is 0.137 e. The van der Waals surface area contributed by atoms with Gasteiger partial charge >= 0.3 is 0 Å². The van der Waals surface area contributed by atoms with Crippen LogP contribution in [-0.4, -0.2) is 9.97 Å². The Hall–Kier alpha value is -0.340. The highest BCUT2D eigenvalue weighted by Gasteiger charge is 2.28. The summed E-state index contributed by atoms with van der Waals surface area (Å²) in [5, 5.41) is 1.21. The maximum absolute atomic E-state index is 6.45. The molecule has 0 saturated heterocycles. The van der Waals surface area contributed by atoms with Crippen LogP contribution in [0.3, 0.4) is 0 Å². The highest BCUT2D eigenvalue weighted by atomic mass is 35.5. The zero-order valence-corrected chi connectivity index (χ0v) is 14.3. The molecule has 2 aliphatic carbocycles. The molecule has 1 heterocycles. The SMILES string of the molecule is CCC1CCC(c2nc(Cl)c(C3CCCC3)c(Cl)n2)CC1. The van der Waals surface area contributed by atoms with Crippen molar-refractivity contribution >= 4 is 23.2 Å². The Labute approximate surface area is 137 Å². The first-order valence-electron chi connectivity index (χ1n) is 8.41. The van der Waals surface area contributed by atoms with Crippen LogP contribution in [0.25, 0.3) is 0 Å². The van der Waals surface area contributed by atoms with Crippen molar-refractivity contribution in [3.63, 3.8) is 0 Å². The Morgan fingerprint density at radius 3 is 1.95 bits per heavy atom. The van der Waals surface area contributed by atoms with Gasteiger partial charge in [-0.1, -0.05) is 49.4 Å². The summed E-state index contributed by atoms with van der Waals surface area (Å²) in [6.45, 7) is 2.28. The standard InChI is InChI=1S/C17H24Cl2N2/c1-2-11-7-9-13(10-8-11)17-20-15(18)14(16(19)21-17)12-5-3-4-6-12/h11-13H,2-10H2,1H3. The summed E-state index contributed by atoms with van der Waals surface area (Å²) in [6, 6.07) is 0. The van der Waals surface area contributed by atoms with E-state index in [4.69, 9.17) is 23.2 Å². The second kappa shape index (κ2) is 6.83. The van der Waals surface area contributed by atoms with Gasteiger partial charge in [-0.2, -0.15) is 0 Å². The van der Waals surface area contributed by atoms with Gasteiger partial charge in [0.15, 0.2) is 0 Å². The molecule has 0 spiro atoms. The molecule has 2 aliphatic rings. The number of halogens is 2. The molecule has 21 heavy (non-hydrogen) atoms. The summed E-state index contributed by atoms with van der Waals surface area (Å²) < 4.78 is 0. The van der Waals surface area contributed by atoms with Crippen LogP contribution in [0.5, 0.6) is 0 Å². The summed E-state index contributed by atoms with van der Waals surface area (Å²) in [5.74, 6) is 2.67. The fourth-order valence-corrected chi connectivity index (χ4v) is 4.70. The number of nitrogens with zero attached hydrogens (tertiary/aromatic N) is 2. The minimum atomic E-state index is 0.445. The van der Waals surface area contributed by atoms with Crippen molar-refractivity contribution in [2.24, 2.45) is 5.92 Å². The fraction of sp³-hybridized carbons (Fsp3) is 0.765. The number of hydrogen-bond acceptors (Lipinski definition) is 2. The Morgan fingerprint density at radius 1 is 0.857 bits per heavy atom. The van der Waals surface area contributed by atoms with Gasteiger partial charge in [-0.05, 0) is 50.4 Å². The van der Waals surface area contributed by atoms with E-state index in [2.05, 4.69) is 16.9 Å². The van der Waals surface area contributed by atoms with Gasteiger partial charge in [-0.15, -0.1) is 0 Å². The minimum absolute atomic E-state index is 0.445. The lowest BCUT2D eigenvalue weighted by atomic mass is 9.80. The van der Waals surface area contributed by atoms with Gasteiger partial charge in [0.1, 0.15) is 16.1 Å². The molecule has 1 aromatic heterocycles. The van der Waals surface area contributed by atoms with Crippen molar-refractivity contribution in [3.05, 3.63) is 21.7 Å². The maximum atomic E-state index is 6.45. The van der Waals surface area contributed by atoms with Gasteiger partial charge < -0.3 is 0 Å². The first-order valence-corrected chi connectivity index (χ1v) is 9.17. The van der Waals surface area contributed by atoms with E-state index in [1.807, 2.05) is 0 Å². The molecule has 0 radical (unpaired) electrons. The van der Waals surface area contributed by atoms with E-state index in [1.165, 1.54) is 57.8 Å². The molecule has 0 aliphatic heterocycles. The van der Waals surface area contributed by atoms with Crippen LogP contribution < -0.4 is 0 Å². The lowest BCUT2D eigenvalue weighted by Gasteiger charge is -2.27. The van der Waals surface area contributed by atoms with E-state index in [0.29, 0.717) is 22.1 Å². The highest BCUT2D eigenvalue weighted by molar-refractivity contribution is 6.34. The van der Waals surface area contributed by atoms with Gasteiger partial charge in [-0.25, -0.2) is 9.97 Å². The van der Waals surface area contributed by atoms with E-state index in [1.54, 1.807) is 0 Å². The molecule has 4 heteroatoms. The molecule has 0 N–H and O–H groups in total. The molecule has 116 valence electrons. The molecule has 2 fully saturated rings. The number of hydrogen-bond donors (Lipinski definition) is 0. The van der Waals surface area contributed by atoms with Gasteiger partial charge in [0, 0.05) is 11.5 Å². The molecule has 0 amide bonds. The second-order valence-electron chi connectivity index (χ2n) is 6.68. The molecule has 2 saturated carbocycles. The zero-order chi connectivity index (χ0) is 14.8. The Bertz CT molecular complexity index is 467. The third-order valence-corrected chi connectivity index (χ3v) is 6.00. The molecule has 0 atom stereocenters. The third-order valence-electron chi connectivity index (χ3n) is 5.42. The summed E-state index contributed by atoms with van der Waals surface area (Å²) >= 11 is 12.9. The average Bonchev–Trinajstić information content (AvgIpc) is 3.00. The van der Waals surface area contributed by atoms with Crippen LogP contribution in [0.2, 0.25) is 10.3 Å². The Kier molecular flexibility index (Phi) is 5.06. The normalized spacial score (nSPS) is 27.2. The lowest BCUT2D eigenvalue weighted by molar-refractivity contribution is 0.312. The van der Waals surface area contributed by atoms with Gasteiger partial charge in [0.05, 0.1) is 0 Å². The lowest BCUT2D eigenvalue weighted by Crippen LogP contribution is -2.16. The molecular formula is C17H24Cl2N2. The van der Waals surface area contributed by atoms with Gasteiger partial charge in [0.25, 0.3) is 0 Å². The van der Waals surface area contributed by atoms with E-state index < -0.39 is 0 Å². The van der Waals surface area contributed by atoms with Crippen LogP contribution in [0.1, 0.15) is 87.9 Å². The average molecular weight is 327 g/mol.